The molecule has 2 atom stereocenters. The summed E-state index contributed by atoms with van der Waals surface area (Å²) < 4.78 is 5.49. The van der Waals surface area contributed by atoms with Gasteiger partial charge in [0.25, 0.3) is 0 Å². The third-order valence-corrected chi connectivity index (χ3v) is 7.19. The molecule has 1 aliphatic rings. The highest BCUT2D eigenvalue weighted by molar-refractivity contribution is 5.70. The van der Waals surface area contributed by atoms with Crippen molar-refractivity contribution in [2.24, 2.45) is 4.99 Å². The highest BCUT2D eigenvalue weighted by Gasteiger charge is 2.49. The first-order valence-corrected chi connectivity index (χ1v) is 12.7. The van der Waals surface area contributed by atoms with Gasteiger partial charge in [-0.1, -0.05) is 103 Å². The number of ether oxygens (including phenoxy) is 1. The molecule has 0 amide bonds. The molecule has 5 rings (SSSR count). The van der Waals surface area contributed by atoms with Crippen LogP contribution < -0.4 is 0 Å². The van der Waals surface area contributed by atoms with E-state index in [1.54, 1.807) is 0 Å². The van der Waals surface area contributed by atoms with E-state index in [9.17, 15) is 10.1 Å². The van der Waals surface area contributed by atoms with Crippen LogP contribution in [0.25, 0.3) is 0 Å². The summed E-state index contributed by atoms with van der Waals surface area (Å²) in [6.07, 6.45) is 1.88. The number of nitriles is 1. The van der Waals surface area contributed by atoms with Gasteiger partial charge in [-0.05, 0) is 34.4 Å². The summed E-state index contributed by atoms with van der Waals surface area (Å²) >= 11 is 0. The van der Waals surface area contributed by atoms with E-state index < -0.39 is 5.41 Å². The van der Waals surface area contributed by atoms with Gasteiger partial charge in [-0.3, -0.25) is 14.7 Å². The molecule has 1 aliphatic heterocycles. The van der Waals surface area contributed by atoms with Crippen molar-refractivity contribution in [1.82, 2.24) is 4.90 Å². The van der Waals surface area contributed by atoms with Crippen LogP contribution >= 0.6 is 0 Å². The Labute approximate surface area is 223 Å². The van der Waals surface area contributed by atoms with E-state index in [1.807, 2.05) is 48.7 Å². The number of esters is 1. The standard InChI is InChI=1S/C33H29N3O2/c1-25(37)38-23-31-22-35-24-36(31)32(27-19-17-26(21-34)18-20-27)33(28-11-5-2-6-12-28,29-13-7-3-8-14-29)30-15-9-4-10-16-30/h2-20,22,31-32H,23-24H2,1H3. The minimum atomic E-state index is -0.653. The van der Waals surface area contributed by atoms with Gasteiger partial charge in [0.2, 0.25) is 0 Å². The van der Waals surface area contributed by atoms with E-state index >= 15 is 0 Å². The normalized spacial score (nSPS) is 16.1. The van der Waals surface area contributed by atoms with E-state index in [-0.39, 0.29) is 24.7 Å². The second-order valence-corrected chi connectivity index (χ2v) is 9.40. The molecule has 1 heterocycles. The molecule has 0 aromatic heterocycles. The Kier molecular flexibility index (Phi) is 7.44. The quantitative estimate of drug-likeness (QED) is 0.223. The maximum absolute atomic E-state index is 11.8. The average Bonchev–Trinajstić information content (AvgIpc) is 3.44. The summed E-state index contributed by atoms with van der Waals surface area (Å²) in [6.45, 7) is 2.08. The molecule has 0 fully saturated rings. The van der Waals surface area contributed by atoms with Gasteiger partial charge >= 0.3 is 5.97 Å². The van der Waals surface area contributed by atoms with Crippen molar-refractivity contribution in [3.8, 4) is 6.07 Å². The Morgan fingerprint density at radius 2 is 1.39 bits per heavy atom. The van der Waals surface area contributed by atoms with Crippen molar-refractivity contribution in [2.45, 2.75) is 24.4 Å². The highest BCUT2D eigenvalue weighted by atomic mass is 16.5. The number of carbonyl (C=O) groups excluding carboxylic acids is 1. The second kappa shape index (κ2) is 11.2. The minimum absolute atomic E-state index is 0.208. The third-order valence-electron chi connectivity index (χ3n) is 7.19. The van der Waals surface area contributed by atoms with Crippen LogP contribution in [-0.4, -0.2) is 36.4 Å². The van der Waals surface area contributed by atoms with Crippen LogP contribution in [0, 0.1) is 11.3 Å². The molecule has 0 bridgehead atoms. The zero-order valence-corrected chi connectivity index (χ0v) is 21.3. The smallest absolute Gasteiger partial charge is 0.302 e. The summed E-state index contributed by atoms with van der Waals surface area (Å²) in [5.74, 6) is -0.319. The maximum Gasteiger partial charge on any atom is 0.302 e. The molecule has 5 nitrogen and oxygen atoms in total. The fourth-order valence-electron chi connectivity index (χ4n) is 5.58. The summed E-state index contributed by atoms with van der Waals surface area (Å²) in [4.78, 5) is 18.7. The Bertz CT molecular complexity index is 1330. The number of aliphatic imine (C=N–C) groups is 1. The Morgan fingerprint density at radius 1 is 0.895 bits per heavy atom. The fourth-order valence-corrected chi connectivity index (χ4v) is 5.58. The summed E-state index contributed by atoms with van der Waals surface area (Å²) in [5, 5.41) is 9.51. The van der Waals surface area contributed by atoms with Crippen LogP contribution in [0.15, 0.2) is 120 Å². The number of rotatable bonds is 8. The first kappa shape index (κ1) is 25.1. The molecule has 38 heavy (non-hydrogen) atoms. The SMILES string of the molecule is CC(=O)OCC1C=NCN1C(c1ccc(C#N)cc1)C(c1ccccc1)(c1ccccc1)c1ccccc1. The third kappa shape index (κ3) is 4.74. The molecule has 2 unspecified atom stereocenters. The predicted molar refractivity (Wildman–Crippen MR) is 149 cm³/mol. The molecule has 0 radical (unpaired) electrons. The van der Waals surface area contributed by atoms with Gasteiger partial charge in [-0.2, -0.15) is 5.26 Å². The van der Waals surface area contributed by atoms with Crippen molar-refractivity contribution in [3.63, 3.8) is 0 Å². The second-order valence-electron chi connectivity index (χ2n) is 9.40. The van der Waals surface area contributed by atoms with E-state index in [0.29, 0.717) is 12.2 Å². The van der Waals surface area contributed by atoms with Gasteiger partial charge in [-0.15, -0.1) is 0 Å². The lowest BCUT2D eigenvalue weighted by Crippen LogP contribution is -2.49. The van der Waals surface area contributed by atoms with E-state index in [0.717, 1.165) is 22.3 Å². The van der Waals surface area contributed by atoms with Gasteiger partial charge in [0, 0.05) is 13.1 Å². The van der Waals surface area contributed by atoms with Crippen molar-refractivity contribution in [3.05, 3.63) is 143 Å². The van der Waals surface area contributed by atoms with Crippen LogP contribution in [0.3, 0.4) is 0 Å². The number of hydrogen-bond acceptors (Lipinski definition) is 5. The van der Waals surface area contributed by atoms with Crippen LogP contribution in [-0.2, 0) is 14.9 Å². The van der Waals surface area contributed by atoms with Gasteiger partial charge in [0.05, 0.1) is 35.8 Å². The van der Waals surface area contributed by atoms with Crippen molar-refractivity contribution < 1.29 is 9.53 Å². The van der Waals surface area contributed by atoms with Gasteiger partial charge in [-0.25, -0.2) is 0 Å². The topological polar surface area (TPSA) is 65.7 Å². The number of hydrogen-bond donors (Lipinski definition) is 0. The molecule has 0 saturated carbocycles. The molecule has 5 heteroatoms. The average molecular weight is 500 g/mol. The molecule has 0 N–H and O–H groups in total. The van der Waals surface area contributed by atoms with Crippen LogP contribution in [0.1, 0.15) is 40.8 Å². The van der Waals surface area contributed by atoms with E-state index in [1.165, 1.54) is 6.92 Å². The number of nitrogens with zero attached hydrogens (tertiary/aromatic N) is 3. The number of benzene rings is 4. The molecular formula is C33H29N3O2. The minimum Gasteiger partial charge on any atom is -0.464 e. The van der Waals surface area contributed by atoms with Crippen LogP contribution in [0.5, 0.6) is 0 Å². The van der Waals surface area contributed by atoms with Crippen molar-refractivity contribution >= 4 is 12.2 Å². The predicted octanol–water partition coefficient (Wildman–Crippen LogP) is 5.91. The molecule has 0 spiro atoms. The molecule has 4 aromatic carbocycles. The Balaban J connectivity index is 1.83. The van der Waals surface area contributed by atoms with Crippen LogP contribution in [0.4, 0.5) is 0 Å². The maximum atomic E-state index is 11.8. The molecule has 4 aromatic rings. The van der Waals surface area contributed by atoms with Crippen LogP contribution in [0.2, 0.25) is 0 Å². The molecular weight excluding hydrogens is 470 g/mol. The van der Waals surface area contributed by atoms with Gasteiger partial charge < -0.3 is 4.74 Å². The van der Waals surface area contributed by atoms with Gasteiger partial charge in [0.15, 0.2) is 0 Å². The zero-order valence-electron chi connectivity index (χ0n) is 21.3. The monoisotopic (exact) mass is 499 g/mol. The van der Waals surface area contributed by atoms with E-state index in [4.69, 9.17) is 4.74 Å². The first-order valence-electron chi connectivity index (χ1n) is 12.7. The Hall–Kier alpha value is -4.53. The highest BCUT2D eigenvalue weighted by Crippen LogP contribution is 2.52. The Morgan fingerprint density at radius 3 is 1.84 bits per heavy atom. The molecule has 188 valence electrons. The lowest BCUT2D eigenvalue weighted by molar-refractivity contribution is -0.142. The van der Waals surface area contributed by atoms with Crippen molar-refractivity contribution in [2.75, 3.05) is 13.3 Å². The zero-order chi connectivity index (χ0) is 26.4. The summed E-state index contributed by atoms with van der Waals surface area (Å²) in [6, 6.07) is 41.2. The summed E-state index contributed by atoms with van der Waals surface area (Å²) in [7, 11) is 0. The molecule has 0 saturated heterocycles. The molecule has 0 aliphatic carbocycles. The van der Waals surface area contributed by atoms with Gasteiger partial charge in [0.1, 0.15) is 6.61 Å². The fraction of sp³-hybridized carbons (Fsp3) is 0.182. The first-order chi connectivity index (χ1) is 18.6. The lowest BCUT2D eigenvalue weighted by atomic mass is 9.62. The largest absolute Gasteiger partial charge is 0.464 e. The summed E-state index contributed by atoms with van der Waals surface area (Å²) in [5.41, 5.74) is 4.38. The lowest BCUT2D eigenvalue weighted by Gasteiger charge is -2.48. The van der Waals surface area contributed by atoms with Crippen molar-refractivity contribution in [1.29, 1.82) is 5.26 Å². The number of carbonyl (C=O) groups is 1. The van der Waals surface area contributed by atoms with E-state index in [2.05, 4.69) is 88.8 Å².